The van der Waals surface area contributed by atoms with Gasteiger partial charge in [-0.3, -0.25) is 4.79 Å². The van der Waals surface area contributed by atoms with E-state index in [1.807, 2.05) is 19.1 Å². The number of nitrogen functional groups attached to an aromatic ring is 2. The van der Waals surface area contributed by atoms with Crippen molar-refractivity contribution >= 4 is 27.9 Å². The fourth-order valence-corrected chi connectivity index (χ4v) is 5.77. The average molecular weight is 420 g/mol. The summed E-state index contributed by atoms with van der Waals surface area (Å²) < 4.78 is 33.1. The van der Waals surface area contributed by atoms with E-state index >= 15 is 0 Å². The van der Waals surface area contributed by atoms with E-state index in [0.717, 1.165) is 5.56 Å². The molecule has 0 radical (unpaired) electrons. The van der Waals surface area contributed by atoms with Crippen LogP contribution in [0, 0.1) is 20.8 Å². The molecule has 1 aliphatic heterocycles. The van der Waals surface area contributed by atoms with E-state index in [4.69, 9.17) is 16.2 Å². The lowest BCUT2D eigenvalue weighted by Gasteiger charge is -2.24. The number of benzene rings is 1. The Bertz CT molecular complexity index is 1010. The van der Waals surface area contributed by atoms with Gasteiger partial charge >= 0.3 is 5.97 Å². The molecule has 1 saturated heterocycles. The van der Waals surface area contributed by atoms with Crippen LogP contribution in [0.5, 0.6) is 0 Å². The predicted molar refractivity (Wildman–Crippen MR) is 106 cm³/mol. The highest BCUT2D eigenvalue weighted by Gasteiger charge is 2.41. The fraction of sp³-hybridized carbons (Fsp3) is 0.444. The number of carbonyl (C=O) groups is 1. The van der Waals surface area contributed by atoms with E-state index in [1.165, 1.54) is 4.31 Å². The lowest BCUT2D eigenvalue weighted by Crippen LogP contribution is -2.41. The monoisotopic (exact) mass is 420 g/mol. The molecule has 10 nitrogen and oxygen atoms in total. The summed E-state index contributed by atoms with van der Waals surface area (Å²) in [4.78, 5) is 24.2. The van der Waals surface area contributed by atoms with E-state index < -0.39 is 22.0 Å². The molecule has 2 aromatic rings. The Labute approximate surface area is 169 Å². The Morgan fingerprint density at radius 2 is 1.72 bits per heavy atom. The molecule has 29 heavy (non-hydrogen) atoms. The zero-order valence-electron chi connectivity index (χ0n) is 16.5. The highest BCUT2D eigenvalue weighted by Crippen LogP contribution is 2.31. The Morgan fingerprint density at radius 1 is 1.14 bits per heavy atom. The zero-order chi connectivity index (χ0) is 21.3. The molecule has 0 aliphatic carbocycles. The van der Waals surface area contributed by atoms with Gasteiger partial charge in [0, 0.05) is 6.54 Å². The maximum absolute atomic E-state index is 13.3. The van der Waals surface area contributed by atoms with E-state index in [9.17, 15) is 13.2 Å². The number of hydrogen-bond donors (Lipinski definition) is 2. The maximum Gasteiger partial charge on any atom is 0.324 e. The summed E-state index contributed by atoms with van der Waals surface area (Å²) in [5.74, 6) is -0.732. The Hall–Kier alpha value is -2.79. The summed E-state index contributed by atoms with van der Waals surface area (Å²) in [6.45, 7) is 5.40. The van der Waals surface area contributed by atoms with Gasteiger partial charge in [0.1, 0.15) is 6.04 Å². The number of aryl methyl sites for hydroxylation is 3. The third-order valence-corrected chi connectivity index (χ3v) is 6.92. The number of ether oxygens (including phenoxy) is 1. The third kappa shape index (κ3) is 4.30. The minimum absolute atomic E-state index is 0.0843. The second-order valence-corrected chi connectivity index (χ2v) is 8.90. The molecule has 1 aromatic heterocycles. The number of esters is 1. The van der Waals surface area contributed by atoms with Crippen molar-refractivity contribution in [3.8, 4) is 0 Å². The molecule has 1 atom stereocenters. The lowest BCUT2D eigenvalue weighted by molar-refractivity contribution is -0.149. The number of hydrogen-bond acceptors (Lipinski definition) is 9. The molecule has 2 heterocycles. The van der Waals surface area contributed by atoms with Crippen LogP contribution >= 0.6 is 0 Å². The molecule has 4 N–H and O–H groups in total. The Balaban J connectivity index is 1.81. The topological polar surface area (TPSA) is 154 Å². The second-order valence-electron chi connectivity index (χ2n) is 7.08. The van der Waals surface area contributed by atoms with Gasteiger partial charge in [0.2, 0.25) is 21.9 Å². The van der Waals surface area contributed by atoms with Gasteiger partial charge in [-0.25, -0.2) is 8.42 Å². The van der Waals surface area contributed by atoms with Gasteiger partial charge in [0.15, 0.2) is 12.4 Å². The number of carbonyl (C=O) groups excluding carboxylic acids is 1. The van der Waals surface area contributed by atoms with Crippen LogP contribution in [0.2, 0.25) is 0 Å². The first-order chi connectivity index (χ1) is 13.6. The van der Waals surface area contributed by atoms with Gasteiger partial charge in [-0.15, -0.1) is 0 Å². The van der Waals surface area contributed by atoms with Crippen molar-refractivity contribution in [1.29, 1.82) is 0 Å². The molecule has 1 aliphatic rings. The van der Waals surface area contributed by atoms with Crippen molar-refractivity contribution in [3.63, 3.8) is 0 Å². The summed E-state index contributed by atoms with van der Waals surface area (Å²) in [6, 6.07) is 2.73. The molecule has 11 heteroatoms. The maximum atomic E-state index is 13.3. The molecule has 0 amide bonds. The summed E-state index contributed by atoms with van der Waals surface area (Å²) in [5, 5.41) is 0. The smallest absolute Gasteiger partial charge is 0.324 e. The first-order valence-corrected chi connectivity index (χ1v) is 10.6. The van der Waals surface area contributed by atoms with Crippen LogP contribution in [0.3, 0.4) is 0 Å². The molecule has 1 aromatic carbocycles. The quantitative estimate of drug-likeness (QED) is 0.670. The van der Waals surface area contributed by atoms with Crippen molar-refractivity contribution in [3.05, 3.63) is 34.6 Å². The molecular formula is C18H24N6O4S. The molecule has 0 spiro atoms. The number of nitrogens with two attached hydrogens (primary N) is 2. The molecule has 0 saturated carbocycles. The minimum Gasteiger partial charge on any atom is -0.456 e. The predicted octanol–water partition coefficient (Wildman–Crippen LogP) is 0.858. The van der Waals surface area contributed by atoms with Gasteiger partial charge in [-0.1, -0.05) is 17.7 Å². The zero-order valence-corrected chi connectivity index (χ0v) is 17.4. The second kappa shape index (κ2) is 7.91. The first kappa shape index (κ1) is 20.9. The van der Waals surface area contributed by atoms with Crippen LogP contribution in [-0.4, -0.2) is 46.2 Å². The van der Waals surface area contributed by atoms with Crippen LogP contribution in [0.25, 0.3) is 0 Å². The normalized spacial score (nSPS) is 17.4. The number of anilines is 2. The third-order valence-electron chi connectivity index (χ3n) is 4.71. The van der Waals surface area contributed by atoms with Gasteiger partial charge in [-0.2, -0.15) is 19.3 Å². The van der Waals surface area contributed by atoms with Crippen molar-refractivity contribution < 1.29 is 17.9 Å². The number of aromatic nitrogens is 3. The van der Waals surface area contributed by atoms with Crippen molar-refractivity contribution in [2.24, 2.45) is 0 Å². The lowest BCUT2D eigenvalue weighted by atomic mass is 10.1. The van der Waals surface area contributed by atoms with E-state index in [2.05, 4.69) is 15.0 Å². The summed E-state index contributed by atoms with van der Waals surface area (Å²) in [5.41, 5.74) is 13.3. The fourth-order valence-electron chi connectivity index (χ4n) is 3.71. The van der Waals surface area contributed by atoms with Crippen LogP contribution in [0.4, 0.5) is 11.9 Å². The molecular weight excluding hydrogens is 396 g/mol. The number of rotatable bonds is 5. The standard InChI is InChI=1S/C18H24N6O4S/c1-10-7-11(2)15(12(3)8-10)29(26,27)24-6-4-5-13(24)16(25)28-9-14-21-17(19)23-18(20)22-14/h7-8,13H,4-6,9H2,1-3H3,(H4,19,20,21,22,23). The van der Waals surface area contributed by atoms with Crippen LogP contribution in [0.15, 0.2) is 17.0 Å². The van der Waals surface area contributed by atoms with Crippen molar-refractivity contribution in [2.45, 2.75) is 51.2 Å². The molecule has 1 unspecified atom stereocenters. The summed E-state index contributed by atoms with van der Waals surface area (Å²) in [7, 11) is -3.86. The van der Waals surface area contributed by atoms with Crippen LogP contribution in [-0.2, 0) is 26.2 Å². The highest BCUT2D eigenvalue weighted by molar-refractivity contribution is 7.89. The summed E-state index contributed by atoms with van der Waals surface area (Å²) in [6.07, 6.45) is 0.943. The Kier molecular flexibility index (Phi) is 5.71. The van der Waals surface area contributed by atoms with Gasteiger partial charge in [0.25, 0.3) is 0 Å². The van der Waals surface area contributed by atoms with Gasteiger partial charge < -0.3 is 16.2 Å². The Morgan fingerprint density at radius 3 is 2.31 bits per heavy atom. The average Bonchev–Trinajstić information content (AvgIpc) is 3.08. The van der Waals surface area contributed by atoms with Gasteiger partial charge in [-0.05, 0) is 44.7 Å². The number of sulfonamides is 1. The van der Waals surface area contributed by atoms with E-state index in [0.29, 0.717) is 24.0 Å². The highest BCUT2D eigenvalue weighted by atomic mass is 32.2. The van der Waals surface area contributed by atoms with Gasteiger partial charge in [0.05, 0.1) is 4.90 Å². The molecule has 1 fully saturated rings. The first-order valence-electron chi connectivity index (χ1n) is 9.12. The van der Waals surface area contributed by atoms with E-state index in [1.54, 1.807) is 13.8 Å². The SMILES string of the molecule is Cc1cc(C)c(S(=O)(=O)N2CCCC2C(=O)OCc2nc(N)nc(N)n2)c(C)c1. The number of nitrogens with zero attached hydrogens (tertiary/aromatic N) is 4. The molecule has 0 bridgehead atoms. The van der Waals surface area contributed by atoms with E-state index in [-0.39, 0.29) is 35.8 Å². The summed E-state index contributed by atoms with van der Waals surface area (Å²) >= 11 is 0. The molecule has 3 rings (SSSR count). The van der Waals surface area contributed by atoms with Crippen molar-refractivity contribution in [2.75, 3.05) is 18.0 Å². The van der Waals surface area contributed by atoms with Crippen LogP contribution in [0.1, 0.15) is 35.4 Å². The van der Waals surface area contributed by atoms with Crippen molar-refractivity contribution in [1.82, 2.24) is 19.3 Å². The molecule has 156 valence electrons. The van der Waals surface area contributed by atoms with Crippen LogP contribution < -0.4 is 11.5 Å². The minimum atomic E-state index is -3.86. The largest absolute Gasteiger partial charge is 0.456 e.